The van der Waals surface area contributed by atoms with Gasteiger partial charge < -0.3 is 0 Å². The van der Waals surface area contributed by atoms with E-state index in [1.54, 1.807) is 18.2 Å². The standard InChI is InChI=1S/C27H36F2Si/c1-2-3-4-5-21-12-16-30(17-13-21)18-14-24(15-19-30)22-6-8-23(9-7-22)25-10-11-26(28)27(29)20-25/h6-11,20-21,24H,2-5,12-19H2,1H3. The monoisotopic (exact) mass is 426 g/mol. The maximum absolute atomic E-state index is 13.5. The summed E-state index contributed by atoms with van der Waals surface area (Å²) in [6, 6.07) is 18.9. The molecule has 0 aliphatic carbocycles. The molecule has 0 saturated carbocycles. The molecule has 0 N–H and O–H groups in total. The SMILES string of the molecule is CCCCCC1CC[Si]2(CC1)CCC(c1ccc(-c3ccc(F)c(F)c3)cc1)CC2. The molecule has 2 saturated heterocycles. The van der Waals surface area contributed by atoms with Gasteiger partial charge in [0.1, 0.15) is 0 Å². The fourth-order valence-corrected chi connectivity index (χ4v) is 11.4. The van der Waals surface area contributed by atoms with Crippen LogP contribution in [-0.2, 0) is 0 Å². The van der Waals surface area contributed by atoms with Gasteiger partial charge in [0.15, 0.2) is 11.6 Å². The van der Waals surface area contributed by atoms with Crippen LogP contribution >= 0.6 is 0 Å². The van der Waals surface area contributed by atoms with Crippen LogP contribution < -0.4 is 0 Å². The van der Waals surface area contributed by atoms with Crippen molar-refractivity contribution in [1.82, 2.24) is 0 Å². The zero-order chi connectivity index (χ0) is 21.0. The van der Waals surface area contributed by atoms with Gasteiger partial charge in [0.2, 0.25) is 0 Å². The number of hydrogen-bond donors (Lipinski definition) is 0. The van der Waals surface area contributed by atoms with Gasteiger partial charge in [-0.1, -0.05) is 100.0 Å². The molecule has 2 heterocycles. The first-order chi connectivity index (χ1) is 14.6. The molecule has 30 heavy (non-hydrogen) atoms. The fraction of sp³-hybridized carbons (Fsp3) is 0.556. The van der Waals surface area contributed by atoms with Crippen LogP contribution in [0, 0.1) is 17.6 Å². The Hall–Kier alpha value is -1.48. The quantitative estimate of drug-likeness (QED) is 0.319. The minimum absolute atomic E-state index is 0.685. The van der Waals surface area contributed by atoms with E-state index in [0.717, 1.165) is 17.0 Å². The summed E-state index contributed by atoms with van der Waals surface area (Å²) in [5.41, 5.74) is 3.13. The van der Waals surface area contributed by atoms with E-state index in [0.29, 0.717) is 5.92 Å². The minimum Gasteiger partial charge on any atom is -0.204 e. The Labute approximate surface area is 182 Å². The van der Waals surface area contributed by atoms with E-state index >= 15 is 0 Å². The lowest BCUT2D eigenvalue weighted by atomic mass is 9.92. The average molecular weight is 427 g/mol. The highest BCUT2D eigenvalue weighted by molar-refractivity contribution is 6.80. The van der Waals surface area contributed by atoms with Gasteiger partial charge in [-0.2, -0.15) is 0 Å². The van der Waals surface area contributed by atoms with Crippen LogP contribution in [0.5, 0.6) is 0 Å². The molecule has 0 unspecified atom stereocenters. The van der Waals surface area contributed by atoms with Crippen LogP contribution in [0.3, 0.4) is 0 Å². The minimum atomic E-state index is -0.986. The normalized spacial score (nSPS) is 26.8. The van der Waals surface area contributed by atoms with Crippen molar-refractivity contribution in [2.75, 3.05) is 0 Å². The van der Waals surface area contributed by atoms with Crippen LogP contribution in [0.4, 0.5) is 8.78 Å². The van der Waals surface area contributed by atoms with Gasteiger partial charge in [-0.3, -0.25) is 0 Å². The molecule has 2 fully saturated rings. The van der Waals surface area contributed by atoms with E-state index in [9.17, 15) is 8.78 Å². The molecule has 2 aliphatic heterocycles. The van der Waals surface area contributed by atoms with Gasteiger partial charge in [-0.25, -0.2) is 8.78 Å². The number of rotatable bonds is 6. The summed E-state index contributed by atoms with van der Waals surface area (Å²) in [4.78, 5) is 0. The average Bonchev–Trinajstić information content (AvgIpc) is 2.78. The number of benzene rings is 2. The highest BCUT2D eigenvalue weighted by Gasteiger charge is 2.40. The van der Waals surface area contributed by atoms with Crippen LogP contribution in [-0.4, -0.2) is 8.07 Å². The smallest absolute Gasteiger partial charge is 0.159 e. The molecule has 2 aromatic rings. The summed E-state index contributed by atoms with van der Waals surface area (Å²) in [5, 5.41) is 0. The summed E-state index contributed by atoms with van der Waals surface area (Å²) >= 11 is 0. The van der Waals surface area contributed by atoms with Gasteiger partial charge in [-0.05, 0) is 53.5 Å². The van der Waals surface area contributed by atoms with Crippen molar-refractivity contribution in [3.8, 4) is 11.1 Å². The van der Waals surface area contributed by atoms with Crippen molar-refractivity contribution >= 4 is 8.07 Å². The van der Waals surface area contributed by atoms with E-state index in [-0.39, 0.29) is 0 Å². The molecular weight excluding hydrogens is 390 g/mol. The van der Waals surface area contributed by atoms with Gasteiger partial charge >= 0.3 is 0 Å². The first-order valence-corrected chi connectivity index (χ1v) is 15.0. The van der Waals surface area contributed by atoms with Crippen LogP contribution in [0.2, 0.25) is 24.2 Å². The molecule has 162 valence electrons. The summed E-state index contributed by atoms with van der Waals surface area (Å²) in [5.74, 6) is 0.144. The Kier molecular flexibility index (Phi) is 7.07. The second-order valence-corrected chi connectivity index (χ2v) is 15.0. The molecule has 0 nitrogen and oxygen atoms in total. The van der Waals surface area contributed by atoms with Gasteiger partial charge in [-0.15, -0.1) is 0 Å². The van der Waals surface area contributed by atoms with Crippen molar-refractivity contribution in [1.29, 1.82) is 0 Å². The lowest BCUT2D eigenvalue weighted by Gasteiger charge is -2.43. The topological polar surface area (TPSA) is 0 Å². The van der Waals surface area contributed by atoms with Crippen LogP contribution in [0.1, 0.15) is 69.8 Å². The second-order valence-electron chi connectivity index (χ2n) is 9.96. The summed E-state index contributed by atoms with van der Waals surface area (Å²) < 4.78 is 26.7. The van der Waals surface area contributed by atoms with E-state index in [2.05, 4.69) is 31.2 Å². The number of hydrogen-bond acceptors (Lipinski definition) is 0. The van der Waals surface area contributed by atoms with Crippen molar-refractivity contribution in [3.63, 3.8) is 0 Å². The molecule has 3 heteroatoms. The Morgan fingerprint density at radius 1 is 0.767 bits per heavy atom. The first-order valence-electron chi connectivity index (χ1n) is 12.1. The highest BCUT2D eigenvalue weighted by atomic mass is 28.3. The fourth-order valence-electron chi connectivity index (χ4n) is 5.95. The second kappa shape index (κ2) is 9.76. The Morgan fingerprint density at radius 3 is 2.03 bits per heavy atom. The van der Waals surface area contributed by atoms with Gasteiger partial charge in [0.05, 0.1) is 8.07 Å². The zero-order valence-corrected chi connectivity index (χ0v) is 19.4. The van der Waals surface area contributed by atoms with Crippen LogP contribution in [0.15, 0.2) is 42.5 Å². The summed E-state index contributed by atoms with van der Waals surface area (Å²) in [6.07, 6.45) is 11.4. The maximum Gasteiger partial charge on any atom is 0.159 e. The van der Waals surface area contributed by atoms with Crippen molar-refractivity contribution in [2.45, 2.75) is 88.4 Å². The largest absolute Gasteiger partial charge is 0.204 e. The molecular formula is C27H36F2Si. The van der Waals surface area contributed by atoms with Gasteiger partial charge in [0, 0.05) is 0 Å². The third-order valence-electron chi connectivity index (χ3n) is 8.06. The summed E-state index contributed by atoms with van der Waals surface area (Å²) in [7, 11) is -0.986. The lowest BCUT2D eigenvalue weighted by Crippen LogP contribution is -2.41. The highest BCUT2D eigenvalue weighted by Crippen LogP contribution is 2.47. The molecule has 0 aromatic heterocycles. The van der Waals surface area contributed by atoms with E-state index in [1.807, 2.05) is 0 Å². The molecule has 0 amide bonds. The first kappa shape index (κ1) is 21.7. The molecule has 4 rings (SSSR count). The third kappa shape index (κ3) is 5.04. The Bertz CT molecular complexity index is 811. The molecule has 0 atom stereocenters. The molecule has 2 aliphatic rings. The maximum atomic E-state index is 13.5. The van der Waals surface area contributed by atoms with E-state index < -0.39 is 19.7 Å². The van der Waals surface area contributed by atoms with Crippen LogP contribution in [0.25, 0.3) is 11.1 Å². The van der Waals surface area contributed by atoms with Crippen molar-refractivity contribution < 1.29 is 8.78 Å². The zero-order valence-electron chi connectivity index (χ0n) is 18.4. The van der Waals surface area contributed by atoms with Gasteiger partial charge in [0.25, 0.3) is 0 Å². The van der Waals surface area contributed by atoms with E-state index in [4.69, 9.17) is 0 Å². The summed E-state index contributed by atoms with van der Waals surface area (Å²) in [6.45, 7) is 2.30. The molecule has 0 radical (unpaired) electrons. The molecule has 2 aromatic carbocycles. The Morgan fingerprint density at radius 2 is 1.40 bits per heavy atom. The van der Waals surface area contributed by atoms with Crippen molar-refractivity contribution in [2.24, 2.45) is 5.92 Å². The van der Waals surface area contributed by atoms with E-state index in [1.165, 1.54) is 81.2 Å². The third-order valence-corrected chi connectivity index (χ3v) is 13.5. The molecule has 1 spiro atoms. The predicted octanol–water partition coefficient (Wildman–Crippen LogP) is 8.95. The van der Waals surface area contributed by atoms with Crippen molar-refractivity contribution in [3.05, 3.63) is 59.7 Å². The lowest BCUT2D eigenvalue weighted by molar-refractivity contribution is 0.407. The number of halogens is 2. The molecule has 0 bridgehead atoms. The Balaban J connectivity index is 1.31. The number of unbranched alkanes of at least 4 members (excludes halogenated alkanes) is 2. The predicted molar refractivity (Wildman–Crippen MR) is 126 cm³/mol.